The summed E-state index contributed by atoms with van der Waals surface area (Å²) in [5.74, 6) is -2.42. The van der Waals surface area contributed by atoms with Crippen LogP contribution < -0.4 is 10.1 Å². The van der Waals surface area contributed by atoms with E-state index in [4.69, 9.17) is 9.84 Å². The molecular formula is C14H18FNO4. The number of carboxylic acids is 1. The van der Waals surface area contributed by atoms with Crippen molar-refractivity contribution in [1.29, 1.82) is 0 Å². The third-order valence-electron chi connectivity index (χ3n) is 2.81. The molecule has 0 saturated carbocycles. The van der Waals surface area contributed by atoms with Gasteiger partial charge in [-0.2, -0.15) is 0 Å². The summed E-state index contributed by atoms with van der Waals surface area (Å²) in [5, 5.41) is 11.5. The summed E-state index contributed by atoms with van der Waals surface area (Å²) >= 11 is 0. The molecule has 20 heavy (non-hydrogen) atoms. The van der Waals surface area contributed by atoms with Crippen LogP contribution in [0.1, 0.15) is 31.1 Å². The third-order valence-corrected chi connectivity index (χ3v) is 2.81. The lowest BCUT2D eigenvalue weighted by molar-refractivity contribution is -0.142. The second kappa shape index (κ2) is 5.90. The van der Waals surface area contributed by atoms with E-state index in [2.05, 4.69) is 5.32 Å². The van der Waals surface area contributed by atoms with Crippen LogP contribution in [0.4, 0.5) is 4.39 Å². The molecular weight excluding hydrogens is 265 g/mol. The van der Waals surface area contributed by atoms with Crippen LogP contribution in [0.5, 0.6) is 5.75 Å². The van der Waals surface area contributed by atoms with E-state index < -0.39 is 29.2 Å². The minimum absolute atomic E-state index is 0.221. The van der Waals surface area contributed by atoms with Crippen LogP contribution in [0.25, 0.3) is 0 Å². The third kappa shape index (κ3) is 3.69. The highest BCUT2D eigenvalue weighted by molar-refractivity contribution is 5.97. The molecule has 1 aromatic carbocycles. The fourth-order valence-corrected chi connectivity index (χ4v) is 1.66. The standard InChI is InChI=1S/C14H18FNO4/c1-14(2,3)11(13(18)19)16-12(17)9-6-5-8(20-4)7-10(9)15/h5-7,11H,1-4H3,(H,16,17)(H,18,19). The molecule has 0 bridgehead atoms. The Balaban J connectivity index is 2.98. The predicted molar refractivity (Wildman–Crippen MR) is 71.3 cm³/mol. The molecule has 1 rings (SSSR count). The first-order valence-electron chi connectivity index (χ1n) is 6.04. The van der Waals surface area contributed by atoms with Crippen molar-refractivity contribution < 1.29 is 23.8 Å². The average Bonchev–Trinajstić information content (AvgIpc) is 2.33. The normalized spacial score (nSPS) is 12.7. The molecule has 6 heteroatoms. The maximum absolute atomic E-state index is 13.7. The van der Waals surface area contributed by atoms with Gasteiger partial charge in [0.25, 0.3) is 5.91 Å². The van der Waals surface area contributed by atoms with Crippen molar-refractivity contribution in [2.45, 2.75) is 26.8 Å². The van der Waals surface area contributed by atoms with Crippen molar-refractivity contribution >= 4 is 11.9 Å². The van der Waals surface area contributed by atoms with Crippen LogP contribution in [0.2, 0.25) is 0 Å². The minimum atomic E-state index is -1.17. The van der Waals surface area contributed by atoms with E-state index in [1.807, 2.05) is 0 Å². The molecule has 1 unspecified atom stereocenters. The van der Waals surface area contributed by atoms with Gasteiger partial charge in [-0.05, 0) is 17.5 Å². The van der Waals surface area contributed by atoms with E-state index in [-0.39, 0.29) is 11.3 Å². The van der Waals surface area contributed by atoms with Crippen LogP contribution in [0.3, 0.4) is 0 Å². The summed E-state index contributed by atoms with van der Waals surface area (Å²) in [6.45, 7) is 5.03. The molecule has 0 radical (unpaired) electrons. The van der Waals surface area contributed by atoms with Gasteiger partial charge in [-0.1, -0.05) is 20.8 Å². The zero-order valence-corrected chi connectivity index (χ0v) is 11.9. The monoisotopic (exact) mass is 283 g/mol. The molecule has 0 saturated heterocycles. The summed E-state index contributed by atoms with van der Waals surface area (Å²) in [6.07, 6.45) is 0. The lowest BCUT2D eigenvalue weighted by Crippen LogP contribution is -2.49. The molecule has 110 valence electrons. The topological polar surface area (TPSA) is 75.6 Å². The highest BCUT2D eigenvalue weighted by Crippen LogP contribution is 2.21. The number of amides is 1. The second-order valence-corrected chi connectivity index (χ2v) is 5.46. The number of aliphatic carboxylic acids is 1. The Bertz CT molecular complexity index is 522. The lowest BCUT2D eigenvalue weighted by atomic mass is 9.86. The quantitative estimate of drug-likeness (QED) is 0.887. The number of methoxy groups -OCH3 is 1. The first-order valence-corrected chi connectivity index (χ1v) is 6.04. The van der Waals surface area contributed by atoms with Crippen molar-refractivity contribution in [2.24, 2.45) is 5.41 Å². The van der Waals surface area contributed by atoms with Gasteiger partial charge in [-0.25, -0.2) is 9.18 Å². The smallest absolute Gasteiger partial charge is 0.326 e. The van der Waals surface area contributed by atoms with Gasteiger partial charge in [0.2, 0.25) is 0 Å². The molecule has 2 N–H and O–H groups in total. The van der Waals surface area contributed by atoms with Gasteiger partial charge >= 0.3 is 5.97 Å². The zero-order valence-electron chi connectivity index (χ0n) is 11.9. The van der Waals surface area contributed by atoms with E-state index in [9.17, 15) is 14.0 Å². The highest BCUT2D eigenvalue weighted by Gasteiger charge is 2.33. The van der Waals surface area contributed by atoms with Gasteiger partial charge in [0, 0.05) is 6.07 Å². The number of carbonyl (C=O) groups is 2. The predicted octanol–water partition coefficient (Wildman–Crippen LogP) is 2.06. The van der Waals surface area contributed by atoms with Crippen molar-refractivity contribution in [3.8, 4) is 5.75 Å². The maximum Gasteiger partial charge on any atom is 0.326 e. The van der Waals surface area contributed by atoms with Crippen LogP contribution in [0.15, 0.2) is 18.2 Å². The van der Waals surface area contributed by atoms with Crippen molar-refractivity contribution in [2.75, 3.05) is 7.11 Å². The molecule has 5 nitrogen and oxygen atoms in total. The Morgan fingerprint density at radius 2 is 1.95 bits per heavy atom. The maximum atomic E-state index is 13.7. The summed E-state index contributed by atoms with van der Waals surface area (Å²) in [5.41, 5.74) is -0.911. The summed E-state index contributed by atoms with van der Waals surface area (Å²) in [4.78, 5) is 23.1. The average molecular weight is 283 g/mol. The van der Waals surface area contributed by atoms with Gasteiger partial charge in [0.1, 0.15) is 17.6 Å². The number of ether oxygens (including phenoxy) is 1. The summed E-state index contributed by atoms with van der Waals surface area (Å²) in [7, 11) is 1.38. The van der Waals surface area contributed by atoms with E-state index in [0.29, 0.717) is 0 Å². The van der Waals surface area contributed by atoms with Gasteiger partial charge in [0.15, 0.2) is 0 Å². The number of nitrogens with one attached hydrogen (secondary N) is 1. The summed E-state index contributed by atoms with van der Waals surface area (Å²) < 4.78 is 18.6. The Kier molecular flexibility index (Phi) is 4.70. The van der Waals surface area contributed by atoms with E-state index in [1.165, 1.54) is 19.2 Å². The van der Waals surface area contributed by atoms with Crippen molar-refractivity contribution in [3.63, 3.8) is 0 Å². The SMILES string of the molecule is COc1ccc(C(=O)NC(C(=O)O)C(C)(C)C)c(F)c1. The molecule has 0 heterocycles. The van der Waals surface area contributed by atoms with E-state index in [0.717, 1.165) is 6.07 Å². The number of hydrogen-bond acceptors (Lipinski definition) is 3. The minimum Gasteiger partial charge on any atom is -0.497 e. The van der Waals surface area contributed by atoms with Crippen LogP contribution >= 0.6 is 0 Å². The zero-order chi connectivity index (χ0) is 15.5. The highest BCUT2D eigenvalue weighted by atomic mass is 19.1. The molecule has 0 aliphatic heterocycles. The van der Waals surface area contributed by atoms with Gasteiger partial charge in [-0.15, -0.1) is 0 Å². The fourth-order valence-electron chi connectivity index (χ4n) is 1.66. The van der Waals surface area contributed by atoms with Gasteiger partial charge in [-0.3, -0.25) is 4.79 Å². The van der Waals surface area contributed by atoms with Crippen LogP contribution in [-0.4, -0.2) is 30.1 Å². The fraction of sp³-hybridized carbons (Fsp3) is 0.429. The van der Waals surface area contributed by atoms with E-state index >= 15 is 0 Å². The number of carboxylic acid groups (broad SMARTS) is 1. The Morgan fingerprint density at radius 1 is 1.35 bits per heavy atom. The molecule has 0 spiro atoms. The van der Waals surface area contributed by atoms with Crippen LogP contribution in [-0.2, 0) is 4.79 Å². The van der Waals surface area contributed by atoms with Crippen LogP contribution in [0, 0.1) is 11.2 Å². The van der Waals surface area contributed by atoms with Gasteiger partial charge < -0.3 is 15.2 Å². The Labute approximate surface area is 116 Å². The number of benzene rings is 1. The first kappa shape index (κ1) is 15.9. The molecule has 0 fully saturated rings. The van der Waals surface area contributed by atoms with Crippen molar-refractivity contribution in [3.05, 3.63) is 29.6 Å². The molecule has 1 aromatic rings. The first-order chi connectivity index (χ1) is 9.16. The number of carbonyl (C=O) groups excluding carboxylic acids is 1. The molecule has 1 atom stereocenters. The number of halogens is 1. The van der Waals surface area contributed by atoms with E-state index in [1.54, 1.807) is 20.8 Å². The molecule has 0 aliphatic rings. The Hall–Kier alpha value is -2.11. The van der Waals surface area contributed by atoms with Crippen molar-refractivity contribution in [1.82, 2.24) is 5.32 Å². The lowest BCUT2D eigenvalue weighted by Gasteiger charge is -2.27. The molecule has 0 aliphatic carbocycles. The summed E-state index contributed by atoms with van der Waals surface area (Å²) in [6, 6.07) is 2.65. The number of rotatable bonds is 4. The number of hydrogen-bond donors (Lipinski definition) is 2. The molecule has 0 aromatic heterocycles. The molecule has 1 amide bonds. The van der Waals surface area contributed by atoms with Gasteiger partial charge in [0.05, 0.1) is 12.7 Å². The Morgan fingerprint density at radius 3 is 2.35 bits per heavy atom. The second-order valence-electron chi connectivity index (χ2n) is 5.46. The largest absolute Gasteiger partial charge is 0.497 e.